The maximum atomic E-state index is 12.8. The van der Waals surface area contributed by atoms with Gasteiger partial charge in [-0.1, -0.05) is 43.6 Å². The average Bonchev–Trinajstić information content (AvgIpc) is 3.15. The number of hydrogen-bond acceptors (Lipinski definition) is 3. The molecule has 0 radical (unpaired) electrons. The Morgan fingerprint density at radius 1 is 1.06 bits per heavy atom. The first kappa shape index (κ1) is 20.0. The normalized spacial score (nSPS) is 15.2. The molecule has 2 aromatic carbocycles. The number of aliphatic imine (C=N–C) groups is 1. The molecule has 5 rings (SSSR count). The smallest absolute Gasteiger partial charge is 0.227 e. The number of fused-ring (bicyclic) bond motifs is 2. The van der Waals surface area contributed by atoms with E-state index in [-0.39, 0.29) is 5.91 Å². The van der Waals surface area contributed by atoms with Gasteiger partial charge in [0.1, 0.15) is 0 Å². The molecule has 31 heavy (non-hydrogen) atoms. The van der Waals surface area contributed by atoms with Crippen molar-refractivity contribution < 1.29 is 4.79 Å². The lowest BCUT2D eigenvalue weighted by atomic mass is 9.90. The summed E-state index contributed by atoms with van der Waals surface area (Å²) in [4.78, 5) is 24.0. The third kappa shape index (κ3) is 3.88. The quantitative estimate of drug-likeness (QED) is 0.565. The summed E-state index contributed by atoms with van der Waals surface area (Å²) in [5.41, 5.74) is 8.97. The second-order valence-electron chi connectivity index (χ2n) is 8.62. The van der Waals surface area contributed by atoms with E-state index < -0.39 is 0 Å². The van der Waals surface area contributed by atoms with Crippen LogP contribution in [0.3, 0.4) is 0 Å². The number of aromatic nitrogens is 1. The number of carbonyl (C=O) groups is 1. The lowest BCUT2D eigenvalue weighted by Gasteiger charge is -2.29. The zero-order valence-electron chi connectivity index (χ0n) is 17.7. The Bertz CT molecular complexity index is 1220. The molecule has 4 nitrogen and oxygen atoms in total. The lowest BCUT2D eigenvalue weighted by Crippen LogP contribution is -2.35. The van der Waals surface area contributed by atoms with Gasteiger partial charge in [0.2, 0.25) is 5.91 Å². The average molecular weight is 430 g/mol. The molecule has 156 valence electrons. The summed E-state index contributed by atoms with van der Waals surface area (Å²) in [6, 6.07) is 16.3. The van der Waals surface area contributed by atoms with Crippen molar-refractivity contribution in [3.05, 3.63) is 98.8 Å². The number of benzene rings is 2. The highest BCUT2D eigenvalue weighted by molar-refractivity contribution is 6.30. The summed E-state index contributed by atoms with van der Waals surface area (Å²) >= 11 is 6.13. The van der Waals surface area contributed by atoms with Gasteiger partial charge in [-0.2, -0.15) is 0 Å². The molecule has 5 heteroatoms. The van der Waals surface area contributed by atoms with E-state index in [1.165, 1.54) is 16.7 Å². The van der Waals surface area contributed by atoms with Crippen LogP contribution in [0, 0.1) is 0 Å². The third-order valence-electron chi connectivity index (χ3n) is 6.05. The molecule has 3 aromatic rings. The summed E-state index contributed by atoms with van der Waals surface area (Å²) in [7, 11) is 0. The van der Waals surface area contributed by atoms with E-state index in [1.54, 1.807) is 0 Å². The monoisotopic (exact) mass is 429 g/mol. The standard InChI is InChI=1S/C26H24ClN3O/c1-16(2)24-11-18(6-7-28-24)26-23-10-21-15-30(14-17-4-3-5-22(27)8-17)25(31)12-19(21)9-20(23)13-29-26/h3-11,16H,12-15H2,1-2H3. The molecule has 0 fully saturated rings. The Morgan fingerprint density at radius 2 is 1.94 bits per heavy atom. The summed E-state index contributed by atoms with van der Waals surface area (Å²) in [5, 5.41) is 0.694. The van der Waals surface area contributed by atoms with Gasteiger partial charge in [0.25, 0.3) is 0 Å². The fourth-order valence-electron chi connectivity index (χ4n) is 4.38. The van der Waals surface area contributed by atoms with Crippen molar-refractivity contribution >= 4 is 23.2 Å². The molecule has 1 amide bonds. The molecule has 0 N–H and O–H groups in total. The highest BCUT2D eigenvalue weighted by atomic mass is 35.5. The van der Waals surface area contributed by atoms with E-state index in [1.807, 2.05) is 41.4 Å². The number of rotatable bonds is 4. The second-order valence-corrected chi connectivity index (χ2v) is 9.06. The predicted octanol–water partition coefficient (Wildman–Crippen LogP) is 5.29. The molecular weight excluding hydrogens is 406 g/mol. The zero-order chi connectivity index (χ0) is 21.5. The van der Waals surface area contributed by atoms with Crippen LogP contribution >= 0.6 is 11.6 Å². The van der Waals surface area contributed by atoms with Crippen LogP contribution in [-0.4, -0.2) is 21.5 Å². The van der Waals surface area contributed by atoms with Crippen LogP contribution in [0.5, 0.6) is 0 Å². The Balaban J connectivity index is 1.45. The molecule has 0 aliphatic carbocycles. The van der Waals surface area contributed by atoms with Gasteiger partial charge in [-0.25, -0.2) is 0 Å². The molecule has 0 unspecified atom stereocenters. The van der Waals surface area contributed by atoms with Crippen molar-refractivity contribution in [2.75, 3.05) is 0 Å². The van der Waals surface area contributed by atoms with Crippen LogP contribution in [0.15, 0.2) is 59.7 Å². The van der Waals surface area contributed by atoms with Gasteiger partial charge < -0.3 is 4.90 Å². The van der Waals surface area contributed by atoms with E-state index in [0.717, 1.165) is 28.1 Å². The summed E-state index contributed by atoms with van der Waals surface area (Å²) in [6.45, 7) is 6.14. The molecule has 2 aliphatic heterocycles. The van der Waals surface area contributed by atoms with E-state index in [2.05, 4.69) is 37.0 Å². The number of nitrogens with zero attached hydrogens (tertiary/aromatic N) is 3. The maximum Gasteiger partial charge on any atom is 0.227 e. The van der Waals surface area contributed by atoms with Gasteiger partial charge in [-0.3, -0.25) is 14.8 Å². The van der Waals surface area contributed by atoms with Crippen LogP contribution in [0.25, 0.3) is 0 Å². The van der Waals surface area contributed by atoms with Crippen molar-refractivity contribution in [1.82, 2.24) is 9.88 Å². The molecular formula is C26H24ClN3O. The minimum Gasteiger partial charge on any atom is -0.334 e. The summed E-state index contributed by atoms with van der Waals surface area (Å²) in [6.07, 6.45) is 2.31. The van der Waals surface area contributed by atoms with E-state index >= 15 is 0 Å². The number of halogens is 1. The zero-order valence-corrected chi connectivity index (χ0v) is 18.5. The van der Waals surface area contributed by atoms with Crippen molar-refractivity contribution in [2.24, 2.45) is 4.99 Å². The van der Waals surface area contributed by atoms with Crippen LogP contribution in [0.2, 0.25) is 5.02 Å². The van der Waals surface area contributed by atoms with Crippen molar-refractivity contribution in [1.29, 1.82) is 0 Å². The van der Waals surface area contributed by atoms with Gasteiger partial charge in [0, 0.05) is 41.1 Å². The Hall–Kier alpha value is -2.98. The summed E-state index contributed by atoms with van der Waals surface area (Å²) in [5.74, 6) is 0.526. The second kappa shape index (κ2) is 7.93. The molecule has 0 bridgehead atoms. The molecule has 1 aromatic heterocycles. The Morgan fingerprint density at radius 3 is 2.74 bits per heavy atom. The number of hydrogen-bond donors (Lipinski definition) is 0. The number of pyridine rings is 1. The van der Waals surface area contributed by atoms with Gasteiger partial charge in [0.05, 0.1) is 18.7 Å². The first-order valence-corrected chi connectivity index (χ1v) is 11.0. The fourth-order valence-corrected chi connectivity index (χ4v) is 4.59. The predicted molar refractivity (Wildman–Crippen MR) is 124 cm³/mol. The molecule has 0 spiro atoms. The van der Waals surface area contributed by atoms with Crippen LogP contribution < -0.4 is 0 Å². The molecule has 2 aliphatic rings. The minimum atomic E-state index is 0.155. The van der Waals surface area contributed by atoms with Crippen LogP contribution in [0.1, 0.15) is 58.8 Å². The fraction of sp³-hybridized carbons (Fsp3) is 0.269. The van der Waals surface area contributed by atoms with Crippen LogP contribution in [0.4, 0.5) is 0 Å². The van der Waals surface area contributed by atoms with E-state index in [9.17, 15) is 4.79 Å². The Kier molecular flexibility index (Phi) is 5.11. The van der Waals surface area contributed by atoms with Crippen molar-refractivity contribution in [2.45, 2.75) is 45.8 Å². The highest BCUT2D eigenvalue weighted by Gasteiger charge is 2.27. The van der Waals surface area contributed by atoms with Gasteiger partial charge in [-0.15, -0.1) is 0 Å². The van der Waals surface area contributed by atoms with Gasteiger partial charge in [-0.05, 0) is 58.5 Å². The van der Waals surface area contributed by atoms with E-state index in [0.29, 0.717) is 37.0 Å². The van der Waals surface area contributed by atoms with Crippen molar-refractivity contribution in [3.63, 3.8) is 0 Å². The maximum absolute atomic E-state index is 12.8. The first-order chi connectivity index (χ1) is 15.0. The number of carbonyl (C=O) groups excluding carboxylic acids is 1. The molecule has 3 heterocycles. The van der Waals surface area contributed by atoms with Gasteiger partial charge in [0.15, 0.2) is 0 Å². The van der Waals surface area contributed by atoms with Crippen LogP contribution in [-0.2, 0) is 30.8 Å². The topological polar surface area (TPSA) is 45.6 Å². The Labute approximate surface area is 187 Å². The van der Waals surface area contributed by atoms with Crippen molar-refractivity contribution in [3.8, 4) is 0 Å². The molecule has 0 atom stereocenters. The molecule has 0 saturated heterocycles. The van der Waals surface area contributed by atoms with E-state index in [4.69, 9.17) is 16.6 Å². The summed E-state index contributed by atoms with van der Waals surface area (Å²) < 4.78 is 0. The lowest BCUT2D eigenvalue weighted by molar-refractivity contribution is -0.132. The third-order valence-corrected chi connectivity index (χ3v) is 6.29. The molecule has 0 saturated carbocycles. The highest BCUT2D eigenvalue weighted by Crippen LogP contribution is 2.31. The first-order valence-electron chi connectivity index (χ1n) is 10.7. The largest absolute Gasteiger partial charge is 0.334 e. The minimum absolute atomic E-state index is 0.155. The SMILES string of the molecule is CC(C)c1cc(C2=NCc3cc4c(cc32)CN(Cc2cccc(Cl)c2)C(=O)C4)ccn1. The van der Waals surface area contributed by atoms with Gasteiger partial charge >= 0.3 is 0 Å². The number of amides is 1.